The highest BCUT2D eigenvalue weighted by Crippen LogP contribution is 2.32. The minimum Gasteiger partial charge on any atom is -0.390 e. The van der Waals surface area contributed by atoms with Crippen LogP contribution in [0.2, 0.25) is 0 Å². The van der Waals surface area contributed by atoms with E-state index in [0.29, 0.717) is 0 Å². The smallest absolute Gasteiger partial charge is 0.0647 e. The molecule has 0 atom stereocenters. The van der Waals surface area contributed by atoms with Crippen LogP contribution in [0.1, 0.15) is 51.4 Å². The van der Waals surface area contributed by atoms with Gasteiger partial charge in [-0.2, -0.15) is 0 Å². The maximum absolute atomic E-state index is 10.4. The van der Waals surface area contributed by atoms with Crippen molar-refractivity contribution in [2.75, 3.05) is 32.7 Å². The van der Waals surface area contributed by atoms with Gasteiger partial charge in [-0.1, -0.05) is 19.3 Å². The lowest BCUT2D eigenvalue weighted by Crippen LogP contribution is -2.43. The van der Waals surface area contributed by atoms with Crippen molar-refractivity contribution in [2.45, 2.75) is 57.0 Å². The Morgan fingerprint density at radius 1 is 1.00 bits per heavy atom. The highest BCUT2D eigenvalue weighted by atomic mass is 16.3. The average Bonchev–Trinajstić information content (AvgIpc) is 2.37. The van der Waals surface area contributed by atoms with Gasteiger partial charge in [0.15, 0.2) is 0 Å². The number of unbranched alkanes of at least 4 members (excludes halogenated alkanes) is 1. The summed E-state index contributed by atoms with van der Waals surface area (Å²) in [5.74, 6) is 0. The Kier molecular flexibility index (Phi) is 5.26. The second-order valence-electron chi connectivity index (χ2n) is 5.83. The third-order valence-corrected chi connectivity index (χ3v) is 4.36. The molecule has 0 amide bonds. The van der Waals surface area contributed by atoms with Crippen molar-refractivity contribution in [3.8, 4) is 0 Å². The average molecular weight is 240 g/mol. The summed E-state index contributed by atoms with van der Waals surface area (Å²) in [6, 6.07) is 0. The normalized spacial score (nSPS) is 25.9. The van der Waals surface area contributed by atoms with Gasteiger partial charge in [0, 0.05) is 26.2 Å². The monoisotopic (exact) mass is 240 g/mol. The molecule has 0 bridgehead atoms. The van der Waals surface area contributed by atoms with Crippen molar-refractivity contribution in [3.05, 3.63) is 0 Å². The summed E-state index contributed by atoms with van der Waals surface area (Å²) in [5.41, 5.74) is -0.304. The van der Waals surface area contributed by atoms with Crippen LogP contribution < -0.4 is 5.32 Å². The summed E-state index contributed by atoms with van der Waals surface area (Å²) in [6.45, 7) is 5.90. The zero-order valence-electron chi connectivity index (χ0n) is 11.1. The Balaban J connectivity index is 1.55. The first-order chi connectivity index (χ1) is 8.29. The quantitative estimate of drug-likeness (QED) is 0.719. The first-order valence-corrected chi connectivity index (χ1v) is 7.44. The van der Waals surface area contributed by atoms with Crippen LogP contribution in [0.4, 0.5) is 0 Å². The van der Waals surface area contributed by atoms with Crippen LogP contribution in [-0.2, 0) is 0 Å². The molecule has 2 aliphatic rings. The van der Waals surface area contributed by atoms with Gasteiger partial charge in [0.25, 0.3) is 0 Å². The van der Waals surface area contributed by atoms with Crippen LogP contribution >= 0.6 is 0 Å². The molecule has 1 aliphatic heterocycles. The maximum atomic E-state index is 10.4. The van der Waals surface area contributed by atoms with E-state index in [4.69, 9.17) is 0 Å². The van der Waals surface area contributed by atoms with E-state index in [2.05, 4.69) is 10.2 Å². The molecule has 0 aromatic carbocycles. The molecule has 2 fully saturated rings. The zero-order valence-corrected chi connectivity index (χ0v) is 11.1. The number of piperazine rings is 1. The first kappa shape index (κ1) is 13.3. The lowest BCUT2D eigenvalue weighted by Gasteiger charge is -2.32. The molecule has 0 aromatic heterocycles. The Hall–Kier alpha value is -0.120. The fourth-order valence-electron chi connectivity index (χ4n) is 3.18. The van der Waals surface area contributed by atoms with Gasteiger partial charge in [-0.05, 0) is 38.6 Å². The third kappa shape index (κ3) is 4.57. The molecule has 17 heavy (non-hydrogen) atoms. The van der Waals surface area contributed by atoms with E-state index in [1.54, 1.807) is 0 Å². The van der Waals surface area contributed by atoms with Crippen molar-refractivity contribution >= 4 is 0 Å². The van der Waals surface area contributed by atoms with Gasteiger partial charge in [0.1, 0.15) is 0 Å². The molecule has 0 unspecified atom stereocenters. The minimum atomic E-state index is -0.304. The highest BCUT2D eigenvalue weighted by molar-refractivity contribution is 4.82. The van der Waals surface area contributed by atoms with Gasteiger partial charge < -0.3 is 15.3 Å². The molecule has 100 valence electrons. The summed E-state index contributed by atoms with van der Waals surface area (Å²) < 4.78 is 0. The van der Waals surface area contributed by atoms with E-state index in [0.717, 1.165) is 32.4 Å². The molecule has 3 heteroatoms. The number of nitrogens with zero attached hydrogens (tertiary/aromatic N) is 1. The van der Waals surface area contributed by atoms with Gasteiger partial charge in [-0.15, -0.1) is 0 Å². The molecule has 1 saturated heterocycles. The van der Waals surface area contributed by atoms with Gasteiger partial charge >= 0.3 is 0 Å². The fourth-order valence-corrected chi connectivity index (χ4v) is 3.18. The molecular weight excluding hydrogens is 212 g/mol. The molecule has 2 N–H and O–H groups in total. The molecule has 1 aliphatic carbocycles. The van der Waals surface area contributed by atoms with Crippen molar-refractivity contribution in [1.29, 1.82) is 0 Å². The van der Waals surface area contributed by atoms with Crippen LogP contribution in [0.5, 0.6) is 0 Å². The van der Waals surface area contributed by atoms with E-state index in [1.165, 1.54) is 51.7 Å². The summed E-state index contributed by atoms with van der Waals surface area (Å²) in [5, 5.41) is 13.8. The van der Waals surface area contributed by atoms with Gasteiger partial charge in [0.05, 0.1) is 5.60 Å². The lowest BCUT2D eigenvalue weighted by molar-refractivity contribution is -0.00628. The second kappa shape index (κ2) is 6.72. The third-order valence-electron chi connectivity index (χ3n) is 4.36. The van der Waals surface area contributed by atoms with Crippen LogP contribution in [0.25, 0.3) is 0 Å². The second-order valence-corrected chi connectivity index (χ2v) is 5.83. The van der Waals surface area contributed by atoms with Gasteiger partial charge in [0.2, 0.25) is 0 Å². The van der Waals surface area contributed by atoms with Crippen molar-refractivity contribution < 1.29 is 5.11 Å². The van der Waals surface area contributed by atoms with Crippen molar-refractivity contribution in [1.82, 2.24) is 10.2 Å². The molecule has 0 aromatic rings. The molecule has 0 radical (unpaired) electrons. The van der Waals surface area contributed by atoms with Gasteiger partial charge in [-0.25, -0.2) is 0 Å². The van der Waals surface area contributed by atoms with Gasteiger partial charge in [-0.3, -0.25) is 0 Å². The van der Waals surface area contributed by atoms with Crippen LogP contribution in [0.15, 0.2) is 0 Å². The Labute approximate surface area is 106 Å². The molecule has 0 spiro atoms. The summed E-state index contributed by atoms with van der Waals surface area (Å²) in [7, 11) is 0. The minimum absolute atomic E-state index is 0.304. The summed E-state index contributed by atoms with van der Waals surface area (Å²) in [6.07, 6.45) is 9.34. The maximum Gasteiger partial charge on any atom is 0.0647 e. The van der Waals surface area contributed by atoms with Crippen LogP contribution in [-0.4, -0.2) is 48.3 Å². The fraction of sp³-hybridized carbons (Fsp3) is 1.00. The van der Waals surface area contributed by atoms with Crippen molar-refractivity contribution in [3.63, 3.8) is 0 Å². The number of aliphatic hydroxyl groups is 1. The number of hydrogen-bond acceptors (Lipinski definition) is 3. The Bertz CT molecular complexity index is 208. The standard InChI is InChI=1S/C14H28N2O/c17-14(6-2-1-3-7-14)8-4-5-11-16-12-9-15-10-13-16/h15,17H,1-13H2. The largest absolute Gasteiger partial charge is 0.390 e. The van der Waals surface area contributed by atoms with E-state index in [9.17, 15) is 5.11 Å². The number of rotatable bonds is 5. The van der Waals surface area contributed by atoms with E-state index >= 15 is 0 Å². The predicted molar refractivity (Wildman–Crippen MR) is 71.2 cm³/mol. The summed E-state index contributed by atoms with van der Waals surface area (Å²) in [4.78, 5) is 2.54. The zero-order chi connectivity index (χ0) is 12.0. The molecular formula is C14H28N2O. The van der Waals surface area contributed by atoms with E-state index in [1.807, 2.05) is 0 Å². The highest BCUT2D eigenvalue weighted by Gasteiger charge is 2.28. The van der Waals surface area contributed by atoms with E-state index < -0.39 is 0 Å². The van der Waals surface area contributed by atoms with Crippen LogP contribution in [0, 0.1) is 0 Å². The first-order valence-electron chi connectivity index (χ1n) is 7.44. The molecule has 2 rings (SSSR count). The Morgan fingerprint density at radius 2 is 1.71 bits per heavy atom. The van der Waals surface area contributed by atoms with Crippen molar-refractivity contribution in [2.24, 2.45) is 0 Å². The number of hydrogen-bond donors (Lipinski definition) is 2. The van der Waals surface area contributed by atoms with Crippen LogP contribution in [0.3, 0.4) is 0 Å². The Morgan fingerprint density at radius 3 is 2.41 bits per heavy atom. The lowest BCUT2D eigenvalue weighted by atomic mass is 9.81. The molecule has 1 saturated carbocycles. The summed E-state index contributed by atoms with van der Waals surface area (Å²) >= 11 is 0. The van der Waals surface area contributed by atoms with E-state index in [-0.39, 0.29) is 5.60 Å². The SMILES string of the molecule is OC1(CCCCN2CCNCC2)CCCCC1. The molecule has 1 heterocycles. The number of nitrogens with one attached hydrogen (secondary N) is 1. The molecule has 3 nitrogen and oxygen atoms in total. The predicted octanol–water partition coefficient (Wildman–Crippen LogP) is 1.76. The topological polar surface area (TPSA) is 35.5 Å².